The molecule has 0 spiro atoms. The molecular formula is C13H27N. The number of hydrogen-bond donors (Lipinski definition) is 1. The molecule has 1 N–H and O–H groups in total. The van der Waals surface area contributed by atoms with Crippen LogP contribution in [0, 0.1) is 5.92 Å². The molecule has 1 heteroatoms. The Kier molecular flexibility index (Phi) is 10.5. The molecule has 84 valence electrons. The van der Waals surface area contributed by atoms with Crippen molar-refractivity contribution in [1.82, 2.24) is 5.32 Å². The van der Waals surface area contributed by atoms with Gasteiger partial charge >= 0.3 is 0 Å². The summed E-state index contributed by atoms with van der Waals surface area (Å²) in [6.07, 6.45) is 11.0. The average molecular weight is 197 g/mol. The van der Waals surface area contributed by atoms with Gasteiger partial charge in [0, 0.05) is 0 Å². The molecule has 0 fully saturated rings. The minimum atomic E-state index is 0.898. The second-order valence-electron chi connectivity index (χ2n) is 3.93. The molecule has 0 saturated heterocycles. The molecule has 14 heavy (non-hydrogen) atoms. The van der Waals surface area contributed by atoms with Crippen LogP contribution in [0.4, 0.5) is 0 Å². The van der Waals surface area contributed by atoms with Crippen molar-refractivity contribution in [3.05, 3.63) is 12.2 Å². The standard InChI is InChI=1S/C13H27N/c1-4-11-14-12-9-7-8-10-13(5-2)6-3/h7-8,13-14H,4-6,9-12H2,1-3H3/b8-7+. The first kappa shape index (κ1) is 13.7. The highest BCUT2D eigenvalue weighted by Crippen LogP contribution is 2.12. The molecular weight excluding hydrogens is 170 g/mol. The lowest BCUT2D eigenvalue weighted by Crippen LogP contribution is -2.15. The van der Waals surface area contributed by atoms with E-state index in [0.717, 1.165) is 19.0 Å². The Balaban J connectivity index is 3.25. The molecule has 0 radical (unpaired) electrons. The summed E-state index contributed by atoms with van der Waals surface area (Å²) in [5.74, 6) is 0.898. The van der Waals surface area contributed by atoms with Gasteiger partial charge in [0.05, 0.1) is 0 Å². The summed E-state index contributed by atoms with van der Waals surface area (Å²) >= 11 is 0. The molecule has 1 nitrogen and oxygen atoms in total. The third-order valence-corrected chi connectivity index (χ3v) is 2.71. The van der Waals surface area contributed by atoms with E-state index in [1.807, 2.05) is 0 Å². The highest BCUT2D eigenvalue weighted by Gasteiger charge is 1.98. The van der Waals surface area contributed by atoms with E-state index >= 15 is 0 Å². The smallest absolute Gasteiger partial charge is 0.00143 e. The highest BCUT2D eigenvalue weighted by atomic mass is 14.8. The van der Waals surface area contributed by atoms with Crippen molar-refractivity contribution >= 4 is 0 Å². The van der Waals surface area contributed by atoms with Gasteiger partial charge in [0.25, 0.3) is 0 Å². The number of hydrogen-bond acceptors (Lipinski definition) is 1. The SMILES string of the molecule is CCCNCC/C=C/CC(CC)CC. The second-order valence-corrected chi connectivity index (χ2v) is 3.93. The fraction of sp³-hybridized carbons (Fsp3) is 0.846. The molecule has 0 aromatic rings. The van der Waals surface area contributed by atoms with Crippen molar-refractivity contribution < 1.29 is 0 Å². The molecule has 0 rings (SSSR count). The molecule has 0 amide bonds. The lowest BCUT2D eigenvalue weighted by Gasteiger charge is -2.07. The summed E-state index contributed by atoms with van der Waals surface area (Å²) < 4.78 is 0. The van der Waals surface area contributed by atoms with Crippen LogP contribution in [0.3, 0.4) is 0 Å². The first-order valence-electron chi connectivity index (χ1n) is 6.20. The van der Waals surface area contributed by atoms with Gasteiger partial charge in [0.1, 0.15) is 0 Å². The van der Waals surface area contributed by atoms with Gasteiger partial charge < -0.3 is 5.32 Å². The van der Waals surface area contributed by atoms with E-state index in [-0.39, 0.29) is 0 Å². The van der Waals surface area contributed by atoms with Crippen molar-refractivity contribution in [2.45, 2.75) is 52.9 Å². The first-order valence-corrected chi connectivity index (χ1v) is 6.20. The Morgan fingerprint density at radius 1 is 1.00 bits per heavy atom. The monoisotopic (exact) mass is 197 g/mol. The summed E-state index contributed by atoms with van der Waals surface area (Å²) in [5, 5.41) is 3.40. The number of rotatable bonds is 9. The van der Waals surface area contributed by atoms with E-state index in [4.69, 9.17) is 0 Å². The van der Waals surface area contributed by atoms with Crippen LogP contribution in [0.2, 0.25) is 0 Å². The van der Waals surface area contributed by atoms with Gasteiger partial charge in [0.15, 0.2) is 0 Å². The molecule has 0 aromatic carbocycles. The van der Waals surface area contributed by atoms with Crippen molar-refractivity contribution in [3.8, 4) is 0 Å². The normalized spacial score (nSPS) is 11.7. The molecule has 0 saturated carbocycles. The molecule has 0 heterocycles. The summed E-state index contributed by atoms with van der Waals surface area (Å²) in [6.45, 7) is 9.05. The zero-order chi connectivity index (χ0) is 10.6. The molecule has 0 aliphatic heterocycles. The van der Waals surface area contributed by atoms with Crippen LogP contribution in [-0.4, -0.2) is 13.1 Å². The fourth-order valence-corrected chi connectivity index (χ4v) is 1.52. The molecule has 0 bridgehead atoms. The predicted octanol–water partition coefficient (Wildman–Crippen LogP) is 3.76. The lowest BCUT2D eigenvalue weighted by molar-refractivity contribution is 0.499. The van der Waals surface area contributed by atoms with E-state index in [1.54, 1.807) is 0 Å². The van der Waals surface area contributed by atoms with E-state index in [2.05, 4.69) is 38.2 Å². The van der Waals surface area contributed by atoms with Crippen LogP contribution in [0.25, 0.3) is 0 Å². The zero-order valence-corrected chi connectivity index (χ0v) is 10.2. The van der Waals surface area contributed by atoms with E-state index in [0.29, 0.717) is 0 Å². The van der Waals surface area contributed by atoms with Crippen LogP contribution in [0.1, 0.15) is 52.9 Å². The summed E-state index contributed by atoms with van der Waals surface area (Å²) in [7, 11) is 0. The fourth-order valence-electron chi connectivity index (χ4n) is 1.52. The Morgan fingerprint density at radius 2 is 1.71 bits per heavy atom. The molecule has 0 aliphatic carbocycles. The minimum absolute atomic E-state index is 0.898. The molecule has 0 atom stereocenters. The van der Waals surface area contributed by atoms with Gasteiger partial charge in [0.2, 0.25) is 0 Å². The van der Waals surface area contributed by atoms with Crippen LogP contribution in [-0.2, 0) is 0 Å². The van der Waals surface area contributed by atoms with Gasteiger partial charge in [-0.25, -0.2) is 0 Å². The topological polar surface area (TPSA) is 12.0 Å². The minimum Gasteiger partial charge on any atom is -0.316 e. The summed E-state index contributed by atoms with van der Waals surface area (Å²) in [4.78, 5) is 0. The van der Waals surface area contributed by atoms with Crippen molar-refractivity contribution in [2.75, 3.05) is 13.1 Å². The Morgan fingerprint density at radius 3 is 2.29 bits per heavy atom. The Bertz CT molecular complexity index is 125. The van der Waals surface area contributed by atoms with Gasteiger partial charge in [-0.15, -0.1) is 0 Å². The maximum atomic E-state index is 3.40. The summed E-state index contributed by atoms with van der Waals surface area (Å²) in [6, 6.07) is 0. The highest BCUT2D eigenvalue weighted by molar-refractivity contribution is 4.84. The predicted molar refractivity (Wildman–Crippen MR) is 65.6 cm³/mol. The van der Waals surface area contributed by atoms with E-state index in [9.17, 15) is 0 Å². The van der Waals surface area contributed by atoms with Crippen molar-refractivity contribution in [3.63, 3.8) is 0 Å². The lowest BCUT2D eigenvalue weighted by atomic mass is 9.99. The number of allylic oxidation sites excluding steroid dienone is 1. The van der Waals surface area contributed by atoms with Gasteiger partial charge in [-0.2, -0.15) is 0 Å². The van der Waals surface area contributed by atoms with Crippen LogP contribution in [0.5, 0.6) is 0 Å². The third-order valence-electron chi connectivity index (χ3n) is 2.71. The van der Waals surface area contributed by atoms with Gasteiger partial charge in [-0.3, -0.25) is 0 Å². The zero-order valence-electron chi connectivity index (χ0n) is 10.2. The van der Waals surface area contributed by atoms with Crippen LogP contribution < -0.4 is 5.32 Å². The Hall–Kier alpha value is -0.300. The van der Waals surface area contributed by atoms with Crippen LogP contribution >= 0.6 is 0 Å². The summed E-state index contributed by atoms with van der Waals surface area (Å²) in [5.41, 5.74) is 0. The first-order chi connectivity index (χ1) is 6.85. The van der Waals surface area contributed by atoms with Crippen molar-refractivity contribution in [1.29, 1.82) is 0 Å². The van der Waals surface area contributed by atoms with E-state index < -0.39 is 0 Å². The van der Waals surface area contributed by atoms with E-state index in [1.165, 1.54) is 32.1 Å². The molecule has 0 aliphatic rings. The molecule has 0 aromatic heterocycles. The average Bonchev–Trinajstić information content (AvgIpc) is 2.22. The van der Waals surface area contributed by atoms with Gasteiger partial charge in [-0.05, 0) is 38.3 Å². The second kappa shape index (κ2) is 10.8. The van der Waals surface area contributed by atoms with Gasteiger partial charge in [-0.1, -0.05) is 45.8 Å². The molecule has 0 unspecified atom stereocenters. The Labute approximate surface area is 90.0 Å². The maximum Gasteiger partial charge on any atom is -0.00143 e. The largest absolute Gasteiger partial charge is 0.316 e. The third kappa shape index (κ3) is 8.31. The van der Waals surface area contributed by atoms with Crippen LogP contribution in [0.15, 0.2) is 12.2 Å². The van der Waals surface area contributed by atoms with Crippen molar-refractivity contribution in [2.24, 2.45) is 5.92 Å². The number of nitrogens with one attached hydrogen (secondary N) is 1. The maximum absolute atomic E-state index is 3.40. The quantitative estimate of drug-likeness (QED) is 0.438.